The van der Waals surface area contributed by atoms with E-state index >= 15 is 0 Å². The molecule has 1 saturated heterocycles. The van der Waals surface area contributed by atoms with Crippen molar-refractivity contribution in [3.63, 3.8) is 0 Å². The molecule has 0 saturated carbocycles. The summed E-state index contributed by atoms with van der Waals surface area (Å²) in [5.41, 5.74) is 1.03. The van der Waals surface area contributed by atoms with Gasteiger partial charge in [0.15, 0.2) is 5.11 Å². The van der Waals surface area contributed by atoms with Crippen molar-refractivity contribution < 1.29 is 0 Å². The third-order valence-corrected chi connectivity index (χ3v) is 4.52. The SMILES string of the molecule is CN1C(=S)NC(c2ccccn2)C1c1cccs1. The zero-order valence-electron chi connectivity index (χ0n) is 9.91. The smallest absolute Gasteiger partial charge is 0.169 e. The van der Waals surface area contributed by atoms with Gasteiger partial charge in [0.25, 0.3) is 0 Å². The van der Waals surface area contributed by atoms with Crippen LogP contribution in [-0.4, -0.2) is 22.0 Å². The highest BCUT2D eigenvalue weighted by molar-refractivity contribution is 7.80. The molecular weight excluding hydrogens is 262 g/mol. The predicted octanol–water partition coefficient (Wildman–Crippen LogP) is 2.75. The molecule has 0 bridgehead atoms. The molecule has 18 heavy (non-hydrogen) atoms. The average Bonchev–Trinajstić information content (AvgIpc) is 3.00. The summed E-state index contributed by atoms with van der Waals surface area (Å²) in [6.07, 6.45) is 1.82. The van der Waals surface area contributed by atoms with E-state index in [0.717, 1.165) is 10.8 Å². The minimum atomic E-state index is 0.127. The third-order valence-electron chi connectivity index (χ3n) is 3.17. The van der Waals surface area contributed by atoms with Crippen LogP contribution in [0.2, 0.25) is 0 Å². The largest absolute Gasteiger partial charge is 0.352 e. The van der Waals surface area contributed by atoms with Gasteiger partial charge in [-0.3, -0.25) is 4.98 Å². The molecule has 3 rings (SSSR count). The fourth-order valence-corrected chi connectivity index (χ4v) is 3.42. The van der Waals surface area contributed by atoms with Crippen molar-refractivity contribution in [2.75, 3.05) is 7.05 Å². The van der Waals surface area contributed by atoms with Crippen LogP contribution in [0.5, 0.6) is 0 Å². The predicted molar refractivity (Wildman–Crippen MR) is 77.5 cm³/mol. The molecule has 0 amide bonds. The molecule has 2 atom stereocenters. The Morgan fingerprint density at radius 2 is 2.22 bits per heavy atom. The highest BCUT2D eigenvalue weighted by atomic mass is 32.1. The molecular formula is C13H13N3S2. The van der Waals surface area contributed by atoms with E-state index in [0.29, 0.717) is 0 Å². The zero-order valence-corrected chi connectivity index (χ0v) is 11.5. The van der Waals surface area contributed by atoms with E-state index in [2.05, 4.69) is 32.7 Å². The fourth-order valence-electron chi connectivity index (χ4n) is 2.27. The fraction of sp³-hybridized carbons (Fsp3) is 0.231. The average molecular weight is 275 g/mol. The van der Waals surface area contributed by atoms with Gasteiger partial charge in [-0.15, -0.1) is 11.3 Å². The Bertz CT molecular complexity index is 539. The van der Waals surface area contributed by atoms with Gasteiger partial charge >= 0.3 is 0 Å². The zero-order chi connectivity index (χ0) is 12.5. The summed E-state index contributed by atoms with van der Waals surface area (Å²) in [4.78, 5) is 7.86. The van der Waals surface area contributed by atoms with Crippen molar-refractivity contribution in [3.8, 4) is 0 Å². The first-order valence-corrected chi connectivity index (χ1v) is 7.04. The van der Waals surface area contributed by atoms with Crippen molar-refractivity contribution in [1.29, 1.82) is 0 Å². The number of thiocarbonyl (C=S) groups is 1. The molecule has 1 fully saturated rings. The van der Waals surface area contributed by atoms with Crippen LogP contribution in [0.1, 0.15) is 22.7 Å². The quantitative estimate of drug-likeness (QED) is 0.853. The third kappa shape index (κ3) is 1.89. The molecule has 0 spiro atoms. The lowest BCUT2D eigenvalue weighted by atomic mass is 10.0. The minimum Gasteiger partial charge on any atom is -0.352 e. The number of likely N-dealkylation sites (N-methyl/N-ethyl adjacent to an activating group) is 1. The summed E-state index contributed by atoms with van der Waals surface area (Å²) in [6.45, 7) is 0. The van der Waals surface area contributed by atoms with Gasteiger partial charge in [-0.1, -0.05) is 12.1 Å². The molecule has 3 heterocycles. The van der Waals surface area contributed by atoms with Crippen LogP contribution < -0.4 is 5.32 Å². The molecule has 2 aromatic heterocycles. The van der Waals surface area contributed by atoms with Gasteiger partial charge in [-0.05, 0) is 35.8 Å². The van der Waals surface area contributed by atoms with Crippen LogP contribution in [0.3, 0.4) is 0 Å². The molecule has 1 aliphatic heterocycles. The number of aromatic nitrogens is 1. The molecule has 2 unspecified atom stereocenters. The Kier molecular flexibility index (Phi) is 3.01. The summed E-state index contributed by atoms with van der Waals surface area (Å²) in [5, 5.41) is 6.24. The molecule has 0 aromatic carbocycles. The first-order chi connectivity index (χ1) is 8.77. The lowest BCUT2D eigenvalue weighted by Gasteiger charge is -2.22. The van der Waals surface area contributed by atoms with Crippen molar-refractivity contribution in [2.45, 2.75) is 12.1 Å². The molecule has 5 heteroatoms. The van der Waals surface area contributed by atoms with Crippen LogP contribution in [0.4, 0.5) is 0 Å². The maximum atomic E-state index is 5.36. The molecule has 92 valence electrons. The second-order valence-electron chi connectivity index (χ2n) is 4.25. The summed E-state index contributed by atoms with van der Waals surface area (Å²) < 4.78 is 0. The van der Waals surface area contributed by atoms with Gasteiger partial charge in [0.05, 0.1) is 17.8 Å². The van der Waals surface area contributed by atoms with Gasteiger partial charge in [-0.25, -0.2) is 0 Å². The number of rotatable bonds is 2. The van der Waals surface area contributed by atoms with E-state index in [9.17, 15) is 0 Å². The second-order valence-corrected chi connectivity index (χ2v) is 5.62. The summed E-state index contributed by atoms with van der Waals surface area (Å²) >= 11 is 7.12. The summed E-state index contributed by atoms with van der Waals surface area (Å²) in [5.74, 6) is 0. The van der Waals surface area contributed by atoms with Crippen LogP contribution in [0, 0.1) is 0 Å². The number of hydrogen-bond donors (Lipinski definition) is 1. The molecule has 0 radical (unpaired) electrons. The van der Waals surface area contributed by atoms with Crippen LogP contribution in [0.15, 0.2) is 41.9 Å². The first-order valence-electron chi connectivity index (χ1n) is 5.75. The topological polar surface area (TPSA) is 28.2 Å². The second kappa shape index (κ2) is 4.66. The van der Waals surface area contributed by atoms with Gasteiger partial charge in [-0.2, -0.15) is 0 Å². The summed E-state index contributed by atoms with van der Waals surface area (Å²) in [7, 11) is 2.03. The lowest BCUT2D eigenvalue weighted by Crippen LogP contribution is -2.24. The molecule has 1 aliphatic rings. The number of hydrogen-bond acceptors (Lipinski definition) is 3. The van der Waals surface area contributed by atoms with Crippen LogP contribution in [-0.2, 0) is 0 Å². The number of nitrogens with zero attached hydrogens (tertiary/aromatic N) is 2. The Labute approximate surface area is 115 Å². The molecule has 1 N–H and O–H groups in total. The Morgan fingerprint density at radius 3 is 2.89 bits per heavy atom. The van der Waals surface area contributed by atoms with Crippen molar-refractivity contribution >= 4 is 28.7 Å². The van der Waals surface area contributed by atoms with Gasteiger partial charge in [0.2, 0.25) is 0 Å². The van der Waals surface area contributed by atoms with Gasteiger partial charge in [0.1, 0.15) is 0 Å². The normalized spacial score (nSPS) is 23.2. The minimum absolute atomic E-state index is 0.127. The Morgan fingerprint density at radius 1 is 1.33 bits per heavy atom. The highest BCUT2D eigenvalue weighted by Crippen LogP contribution is 2.38. The van der Waals surface area contributed by atoms with E-state index in [1.165, 1.54) is 4.88 Å². The lowest BCUT2D eigenvalue weighted by molar-refractivity contribution is 0.374. The number of nitrogens with one attached hydrogen (secondary N) is 1. The number of thiophene rings is 1. The van der Waals surface area contributed by atoms with E-state index in [1.54, 1.807) is 11.3 Å². The highest BCUT2D eigenvalue weighted by Gasteiger charge is 2.37. The Balaban J connectivity index is 2.00. The van der Waals surface area contributed by atoms with E-state index in [-0.39, 0.29) is 12.1 Å². The van der Waals surface area contributed by atoms with Gasteiger partial charge in [0, 0.05) is 18.1 Å². The number of pyridine rings is 1. The van der Waals surface area contributed by atoms with Crippen LogP contribution in [0.25, 0.3) is 0 Å². The van der Waals surface area contributed by atoms with E-state index < -0.39 is 0 Å². The maximum absolute atomic E-state index is 5.36. The van der Waals surface area contributed by atoms with E-state index in [4.69, 9.17) is 12.2 Å². The van der Waals surface area contributed by atoms with Crippen LogP contribution >= 0.6 is 23.6 Å². The van der Waals surface area contributed by atoms with E-state index in [1.807, 2.05) is 31.4 Å². The standard InChI is InChI=1S/C13H13N3S2/c1-16-12(10-6-4-8-18-10)11(15-13(16)17)9-5-2-3-7-14-9/h2-8,11-12H,1H3,(H,15,17). The molecule has 2 aromatic rings. The van der Waals surface area contributed by atoms with Crippen molar-refractivity contribution in [1.82, 2.24) is 15.2 Å². The first kappa shape index (κ1) is 11.6. The summed E-state index contributed by atoms with van der Waals surface area (Å²) in [6, 6.07) is 10.6. The van der Waals surface area contributed by atoms with Crippen molar-refractivity contribution in [2.24, 2.45) is 0 Å². The molecule has 3 nitrogen and oxygen atoms in total. The monoisotopic (exact) mass is 275 g/mol. The Hall–Kier alpha value is -1.46. The van der Waals surface area contributed by atoms with Crippen molar-refractivity contribution in [3.05, 3.63) is 52.5 Å². The maximum Gasteiger partial charge on any atom is 0.169 e. The molecule has 0 aliphatic carbocycles. The van der Waals surface area contributed by atoms with Gasteiger partial charge < -0.3 is 10.2 Å².